The van der Waals surface area contributed by atoms with Crippen LogP contribution in [-0.2, 0) is 18.8 Å². The lowest BCUT2D eigenvalue weighted by molar-refractivity contribution is -0.167. The summed E-state index contributed by atoms with van der Waals surface area (Å²) in [4.78, 5) is 12.5. The van der Waals surface area contributed by atoms with Gasteiger partial charge < -0.3 is 14.0 Å². The van der Waals surface area contributed by atoms with Crippen molar-refractivity contribution in [3.8, 4) is 6.07 Å². The molecule has 1 aliphatic rings. The summed E-state index contributed by atoms with van der Waals surface area (Å²) in [5.74, 6) is -0.294. The van der Waals surface area contributed by atoms with Crippen molar-refractivity contribution in [1.29, 1.82) is 5.26 Å². The van der Waals surface area contributed by atoms with E-state index >= 15 is 0 Å². The smallest absolute Gasteiger partial charge is 0.457 e. The second-order valence-electron chi connectivity index (χ2n) is 9.33. The van der Waals surface area contributed by atoms with Gasteiger partial charge in [-0.2, -0.15) is 5.26 Å². The number of unbranched alkanes of at least 4 members (excludes halogenated alkanes) is 1. The van der Waals surface area contributed by atoms with Crippen LogP contribution in [0.5, 0.6) is 0 Å². The van der Waals surface area contributed by atoms with E-state index in [-0.39, 0.29) is 30.7 Å². The molecule has 1 heterocycles. The third kappa shape index (κ3) is 6.00. The highest BCUT2D eigenvalue weighted by Gasteiger charge is 2.50. The van der Waals surface area contributed by atoms with Crippen molar-refractivity contribution in [2.24, 2.45) is 5.41 Å². The topological polar surface area (TPSA) is 68.6 Å². The molecule has 0 aliphatic carbocycles. The van der Waals surface area contributed by atoms with E-state index in [1.54, 1.807) is 0 Å². The molecule has 1 fully saturated rings. The molecule has 1 atom stereocenters. The van der Waals surface area contributed by atoms with Gasteiger partial charge in [-0.1, -0.05) is 12.8 Å². The molecule has 1 unspecified atom stereocenters. The van der Waals surface area contributed by atoms with E-state index in [1.165, 1.54) is 0 Å². The van der Waals surface area contributed by atoms with Crippen molar-refractivity contribution in [1.82, 2.24) is 0 Å². The summed E-state index contributed by atoms with van der Waals surface area (Å²) in [7, 11) is -0.214. The molecule has 0 aromatic rings. The fourth-order valence-corrected chi connectivity index (χ4v) is 2.75. The standard InChI is InChI=1S/C19H34BNO4/c1-16(2,3)23-15(22)19(8,12-14-21)11-9-10-13-20-24-17(4,5)18(6,7)25-20/h9-13H2,1-8H3. The van der Waals surface area contributed by atoms with Crippen LogP contribution in [0.3, 0.4) is 0 Å². The summed E-state index contributed by atoms with van der Waals surface area (Å²) in [6.07, 6.45) is 3.26. The molecular weight excluding hydrogens is 317 g/mol. The minimum Gasteiger partial charge on any atom is -0.460 e. The van der Waals surface area contributed by atoms with Gasteiger partial charge in [0.1, 0.15) is 5.60 Å². The first kappa shape index (κ1) is 22.0. The monoisotopic (exact) mass is 351 g/mol. The molecule has 0 saturated carbocycles. The van der Waals surface area contributed by atoms with Crippen LogP contribution in [-0.4, -0.2) is 29.9 Å². The Kier molecular flexibility index (Phi) is 6.75. The number of ether oxygens (including phenoxy) is 1. The molecule has 0 amide bonds. The van der Waals surface area contributed by atoms with Gasteiger partial charge in [-0.05, 0) is 68.1 Å². The molecule has 1 rings (SSSR count). The average molecular weight is 351 g/mol. The zero-order chi connectivity index (χ0) is 19.5. The highest BCUT2D eigenvalue weighted by Crippen LogP contribution is 2.38. The summed E-state index contributed by atoms with van der Waals surface area (Å²) in [5, 5.41) is 9.10. The molecule has 0 radical (unpaired) electrons. The van der Waals surface area contributed by atoms with Gasteiger partial charge in [0.15, 0.2) is 0 Å². The quantitative estimate of drug-likeness (QED) is 0.383. The Hall–Kier alpha value is -1.06. The Morgan fingerprint density at radius 1 is 1.08 bits per heavy atom. The Morgan fingerprint density at radius 3 is 2.04 bits per heavy atom. The summed E-state index contributed by atoms with van der Waals surface area (Å²) < 4.78 is 17.5. The first-order valence-corrected chi connectivity index (χ1v) is 9.18. The van der Waals surface area contributed by atoms with E-state index in [4.69, 9.17) is 19.3 Å². The number of carbonyl (C=O) groups excluding carboxylic acids is 1. The Bertz CT molecular complexity index is 502. The lowest BCUT2D eigenvalue weighted by Gasteiger charge is -2.32. The van der Waals surface area contributed by atoms with Crippen molar-refractivity contribution in [2.75, 3.05) is 0 Å². The van der Waals surface area contributed by atoms with Gasteiger partial charge in [0.05, 0.1) is 29.1 Å². The highest BCUT2D eigenvalue weighted by molar-refractivity contribution is 6.45. The number of hydrogen-bond acceptors (Lipinski definition) is 5. The number of nitriles is 1. The molecule has 0 aromatic carbocycles. The molecule has 0 N–H and O–H groups in total. The van der Waals surface area contributed by atoms with Gasteiger partial charge in [0.25, 0.3) is 0 Å². The van der Waals surface area contributed by atoms with E-state index in [1.807, 2.05) is 55.4 Å². The first-order chi connectivity index (χ1) is 11.2. The maximum absolute atomic E-state index is 12.5. The average Bonchev–Trinajstić information content (AvgIpc) is 2.61. The van der Waals surface area contributed by atoms with Crippen molar-refractivity contribution >= 4 is 13.1 Å². The van der Waals surface area contributed by atoms with Crippen LogP contribution in [0.25, 0.3) is 0 Å². The molecule has 0 bridgehead atoms. The third-order valence-electron chi connectivity index (χ3n) is 5.08. The summed E-state index contributed by atoms with van der Waals surface area (Å²) >= 11 is 0. The van der Waals surface area contributed by atoms with Gasteiger partial charge >= 0.3 is 13.1 Å². The molecule has 5 nitrogen and oxygen atoms in total. The van der Waals surface area contributed by atoms with Crippen LogP contribution in [0.4, 0.5) is 0 Å². The van der Waals surface area contributed by atoms with Gasteiger partial charge in [-0.3, -0.25) is 4.79 Å². The number of rotatable bonds is 7. The van der Waals surface area contributed by atoms with Crippen molar-refractivity contribution < 1.29 is 18.8 Å². The second-order valence-corrected chi connectivity index (χ2v) is 9.33. The summed E-state index contributed by atoms with van der Waals surface area (Å²) in [6.45, 7) is 15.5. The fourth-order valence-electron chi connectivity index (χ4n) is 2.75. The number of esters is 1. The summed E-state index contributed by atoms with van der Waals surface area (Å²) in [6, 6.07) is 2.13. The van der Waals surface area contributed by atoms with Crippen molar-refractivity contribution in [3.05, 3.63) is 0 Å². The van der Waals surface area contributed by atoms with Crippen molar-refractivity contribution in [2.45, 2.75) is 104 Å². The molecule has 1 saturated heterocycles. The van der Waals surface area contributed by atoms with E-state index in [0.29, 0.717) is 6.42 Å². The molecule has 0 aromatic heterocycles. The molecule has 25 heavy (non-hydrogen) atoms. The minimum absolute atomic E-state index is 0.165. The SMILES string of the molecule is CC(C)(C)OC(=O)C(C)(CC#N)CCCCB1OC(C)(C)C(C)(C)O1. The zero-order valence-corrected chi connectivity index (χ0v) is 17.2. The third-order valence-corrected chi connectivity index (χ3v) is 5.08. The predicted octanol–water partition coefficient (Wildman–Crippen LogP) is 4.51. The van der Waals surface area contributed by atoms with Gasteiger partial charge in [-0.15, -0.1) is 0 Å². The van der Waals surface area contributed by atoms with Crippen LogP contribution in [0.1, 0.15) is 81.1 Å². The maximum Gasteiger partial charge on any atom is 0.457 e. The van der Waals surface area contributed by atoms with Crippen LogP contribution in [0, 0.1) is 16.7 Å². The van der Waals surface area contributed by atoms with Crippen LogP contribution < -0.4 is 0 Å². The molecule has 0 spiro atoms. The van der Waals surface area contributed by atoms with E-state index in [9.17, 15) is 4.79 Å². The van der Waals surface area contributed by atoms with Gasteiger partial charge in [-0.25, -0.2) is 0 Å². The van der Waals surface area contributed by atoms with Crippen LogP contribution in [0.2, 0.25) is 6.32 Å². The summed E-state index contributed by atoms with van der Waals surface area (Å²) in [5.41, 5.74) is -1.94. The maximum atomic E-state index is 12.5. The fraction of sp³-hybridized carbons (Fsp3) is 0.895. The number of carbonyl (C=O) groups is 1. The molecule has 6 heteroatoms. The normalized spacial score (nSPS) is 21.5. The minimum atomic E-state index is -0.766. The van der Waals surface area contributed by atoms with Crippen LogP contribution in [0.15, 0.2) is 0 Å². The largest absolute Gasteiger partial charge is 0.460 e. The Morgan fingerprint density at radius 2 is 1.60 bits per heavy atom. The molecule has 142 valence electrons. The lowest BCUT2D eigenvalue weighted by Crippen LogP contribution is -2.41. The Labute approximate surface area is 153 Å². The Balaban J connectivity index is 2.52. The van der Waals surface area contributed by atoms with E-state index in [0.717, 1.165) is 19.2 Å². The number of hydrogen-bond donors (Lipinski definition) is 0. The predicted molar refractivity (Wildman–Crippen MR) is 98.9 cm³/mol. The molecular formula is C19H34BNO4. The van der Waals surface area contributed by atoms with Crippen molar-refractivity contribution in [3.63, 3.8) is 0 Å². The van der Waals surface area contributed by atoms with Gasteiger partial charge in [0.2, 0.25) is 0 Å². The van der Waals surface area contributed by atoms with E-state index < -0.39 is 11.0 Å². The second kappa shape index (κ2) is 7.67. The molecule has 1 aliphatic heterocycles. The highest BCUT2D eigenvalue weighted by atomic mass is 16.7. The van der Waals surface area contributed by atoms with Gasteiger partial charge in [0, 0.05) is 0 Å². The van der Waals surface area contributed by atoms with Crippen LogP contribution >= 0.6 is 0 Å². The van der Waals surface area contributed by atoms with E-state index in [2.05, 4.69) is 6.07 Å². The number of nitrogens with zero attached hydrogens (tertiary/aromatic N) is 1. The lowest BCUT2D eigenvalue weighted by atomic mass is 9.78. The first-order valence-electron chi connectivity index (χ1n) is 9.18. The zero-order valence-electron chi connectivity index (χ0n) is 17.2.